The number of rotatable bonds is 10. The minimum absolute atomic E-state index is 0.00494. The van der Waals surface area contributed by atoms with Gasteiger partial charge in [0.05, 0.1) is 24.6 Å². The van der Waals surface area contributed by atoms with Gasteiger partial charge in [0.1, 0.15) is 11.9 Å². The van der Waals surface area contributed by atoms with Crippen LogP contribution in [0, 0.1) is 12.8 Å². The molecule has 1 aliphatic heterocycles. The van der Waals surface area contributed by atoms with Crippen molar-refractivity contribution in [3.8, 4) is 0 Å². The first-order valence-corrected chi connectivity index (χ1v) is 14.6. The number of imidazole rings is 1. The zero-order valence-electron chi connectivity index (χ0n) is 22.6. The van der Waals surface area contributed by atoms with E-state index in [0.717, 1.165) is 18.8 Å². The third-order valence-corrected chi connectivity index (χ3v) is 9.52. The highest BCUT2D eigenvalue weighted by molar-refractivity contribution is 8.00. The van der Waals surface area contributed by atoms with Gasteiger partial charge in [-0.3, -0.25) is 0 Å². The summed E-state index contributed by atoms with van der Waals surface area (Å²) in [6.45, 7) is 8.66. The summed E-state index contributed by atoms with van der Waals surface area (Å²) in [4.78, 5) is 4.40. The topological polar surface area (TPSA) is 36.3 Å². The quantitative estimate of drug-likeness (QED) is 0.213. The number of hydrogen-bond acceptors (Lipinski definition) is 4. The van der Waals surface area contributed by atoms with Gasteiger partial charge in [-0.2, -0.15) is 0 Å². The summed E-state index contributed by atoms with van der Waals surface area (Å²) in [7, 11) is 0. The van der Waals surface area contributed by atoms with E-state index in [-0.39, 0.29) is 17.5 Å². The van der Waals surface area contributed by atoms with E-state index in [1.807, 2.05) is 12.4 Å². The monoisotopic (exact) mass is 526 g/mol. The van der Waals surface area contributed by atoms with Gasteiger partial charge in [0, 0.05) is 24.2 Å². The van der Waals surface area contributed by atoms with Crippen LogP contribution in [0.4, 0.5) is 0 Å². The van der Waals surface area contributed by atoms with E-state index in [4.69, 9.17) is 9.47 Å². The van der Waals surface area contributed by atoms with Crippen LogP contribution in [0.2, 0.25) is 0 Å². The molecule has 1 saturated heterocycles. The van der Waals surface area contributed by atoms with Gasteiger partial charge >= 0.3 is 0 Å². The molecule has 198 valence electrons. The van der Waals surface area contributed by atoms with E-state index in [1.54, 1.807) is 0 Å². The first-order chi connectivity index (χ1) is 18.6. The van der Waals surface area contributed by atoms with Crippen LogP contribution in [0.5, 0.6) is 0 Å². The van der Waals surface area contributed by atoms with E-state index in [0.29, 0.717) is 24.4 Å². The lowest BCUT2D eigenvalue weighted by molar-refractivity contribution is -0.112. The van der Waals surface area contributed by atoms with Gasteiger partial charge in [0.2, 0.25) is 0 Å². The first kappa shape index (κ1) is 26.7. The van der Waals surface area contributed by atoms with E-state index in [9.17, 15) is 0 Å². The summed E-state index contributed by atoms with van der Waals surface area (Å²) in [6.07, 6.45) is 4.95. The fraction of sp³-hybridized carbons (Fsp3) is 0.364. The second-order valence-corrected chi connectivity index (χ2v) is 11.6. The minimum Gasteiger partial charge on any atom is -0.370 e. The summed E-state index contributed by atoms with van der Waals surface area (Å²) >= 11 is 2.06. The first-order valence-electron chi connectivity index (χ1n) is 13.7. The lowest BCUT2D eigenvalue weighted by Gasteiger charge is -2.45. The number of benzene rings is 3. The van der Waals surface area contributed by atoms with E-state index < -0.39 is 0 Å². The van der Waals surface area contributed by atoms with Crippen molar-refractivity contribution >= 4 is 11.8 Å². The van der Waals surface area contributed by atoms with Gasteiger partial charge in [0.15, 0.2) is 0 Å². The molecule has 38 heavy (non-hydrogen) atoms. The van der Waals surface area contributed by atoms with Crippen molar-refractivity contribution in [1.82, 2.24) is 9.55 Å². The number of aryl methyl sites for hydroxylation is 1. The zero-order valence-corrected chi connectivity index (χ0v) is 23.4. The lowest BCUT2D eigenvalue weighted by Crippen LogP contribution is -2.48. The van der Waals surface area contributed by atoms with Crippen molar-refractivity contribution in [2.75, 3.05) is 0 Å². The maximum atomic E-state index is 6.80. The Hall–Kier alpha value is -2.86. The molecule has 3 aromatic carbocycles. The second-order valence-electron chi connectivity index (χ2n) is 10.2. The Balaban J connectivity index is 1.44. The molecule has 2 heterocycles. The maximum absolute atomic E-state index is 6.80. The highest BCUT2D eigenvalue weighted by Crippen LogP contribution is 2.49. The molecule has 5 heteroatoms. The Bertz CT molecular complexity index is 1280. The Morgan fingerprint density at radius 2 is 1.45 bits per heavy atom. The van der Waals surface area contributed by atoms with Gasteiger partial charge in [-0.15, -0.1) is 11.8 Å². The van der Waals surface area contributed by atoms with Gasteiger partial charge in [-0.05, 0) is 41.5 Å². The molecule has 0 saturated carbocycles. The standard InChI is InChI=1S/C33H38N2O2S/c1-4-30-24(2)31(36-22-26-12-7-5-8-13-26)32(37-23-27-14-9-6-10-15-27)33(38-30)29-17-11-16-28(20-29)21-35-19-18-34-25(35)3/h5-20,24,30-33H,4,21-23H2,1-3H3/t24-,30-,31+,32-,33+/m1/s1. The van der Waals surface area contributed by atoms with E-state index in [2.05, 4.69) is 127 Å². The predicted molar refractivity (Wildman–Crippen MR) is 156 cm³/mol. The van der Waals surface area contributed by atoms with Crippen molar-refractivity contribution in [3.63, 3.8) is 0 Å². The smallest absolute Gasteiger partial charge is 0.105 e. The van der Waals surface area contributed by atoms with Crippen molar-refractivity contribution < 1.29 is 9.47 Å². The van der Waals surface area contributed by atoms with Crippen LogP contribution in [0.3, 0.4) is 0 Å². The summed E-state index contributed by atoms with van der Waals surface area (Å²) < 4.78 is 15.7. The maximum Gasteiger partial charge on any atom is 0.105 e. The number of nitrogens with zero attached hydrogens (tertiary/aromatic N) is 2. The largest absolute Gasteiger partial charge is 0.370 e. The molecule has 0 amide bonds. The van der Waals surface area contributed by atoms with Crippen LogP contribution in [0.25, 0.3) is 0 Å². The van der Waals surface area contributed by atoms with Gasteiger partial charge < -0.3 is 14.0 Å². The Kier molecular flexibility index (Phi) is 9.00. The van der Waals surface area contributed by atoms with Gasteiger partial charge in [-0.25, -0.2) is 4.98 Å². The summed E-state index contributed by atoms with van der Waals surface area (Å²) in [5.41, 5.74) is 4.97. The molecule has 5 rings (SSSR count). The van der Waals surface area contributed by atoms with Crippen LogP contribution in [0.15, 0.2) is 97.3 Å². The fourth-order valence-electron chi connectivity index (χ4n) is 5.41. The molecule has 5 atom stereocenters. The summed E-state index contributed by atoms with van der Waals surface area (Å²) in [5, 5.41) is 0.682. The molecule has 0 aliphatic carbocycles. The molecule has 0 N–H and O–H groups in total. The molecule has 0 unspecified atom stereocenters. The highest BCUT2D eigenvalue weighted by atomic mass is 32.2. The van der Waals surface area contributed by atoms with Crippen LogP contribution in [-0.4, -0.2) is 27.0 Å². The zero-order chi connectivity index (χ0) is 26.3. The fourth-order valence-corrected chi connectivity index (χ4v) is 7.07. The second kappa shape index (κ2) is 12.8. The molecule has 0 radical (unpaired) electrons. The average molecular weight is 527 g/mol. The average Bonchev–Trinajstić information content (AvgIpc) is 3.36. The third kappa shape index (κ3) is 6.40. The van der Waals surface area contributed by atoms with Crippen molar-refractivity contribution in [3.05, 3.63) is 125 Å². The number of hydrogen-bond donors (Lipinski definition) is 0. The molecule has 1 aromatic heterocycles. The Labute approximate surface area is 231 Å². The van der Waals surface area contributed by atoms with E-state index in [1.165, 1.54) is 22.3 Å². The summed E-state index contributed by atoms with van der Waals surface area (Å²) in [6, 6.07) is 30.0. The van der Waals surface area contributed by atoms with Crippen LogP contribution in [0.1, 0.15) is 53.6 Å². The lowest BCUT2D eigenvalue weighted by atomic mass is 9.89. The number of thioether (sulfide) groups is 1. The number of aromatic nitrogens is 2. The van der Waals surface area contributed by atoms with E-state index >= 15 is 0 Å². The normalized spacial score (nSPS) is 23.4. The summed E-state index contributed by atoms with van der Waals surface area (Å²) in [5.74, 6) is 1.41. The third-order valence-electron chi connectivity index (χ3n) is 7.58. The molecule has 1 aliphatic rings. The molecule has 1 fully saturated rings. The Morgan fingerprint density at radius 1 is 0.816 bits per heavy atom. The minimum atomic E-state index is -0.0630. The van der Waals surface area contributed by atoms with Gasteiger partial charge in [-0.1, -0.05) is 98.8 Å². The van der Waals surface area contributed by atoms with Crippen molar-refractivity contribution in [2.24, 2.45) is 5.92 Å². The predicted octanol–water partition coefficient (Wildman–Crippen LogP) is 7.61. The van der Waals surface area contributed by atoms with Crippen molar-refractivity contribution in [1.29, 1.82) is 0 Å². The van der Waals surface area contributed by atoms with Crippen LogP contribution in [-0.2, 0) is 29.2 Å². The molecule has 4 nitrogen and oxygen atoms in total. The van der Waals surface area contributed by atoms with Crippen molar-refractivity contribution in [2.45, 2.75) is 69.7 Å². The SMILES string of the molecule is CC[C@H]1S[C@@H](c2cccc(Cn3ccnc3C)c2)[C@H](OCc2ccccc2)[C@@H](OCc2ccccc2)[C@@H]1C. The van der Waals surface area contributed by atoms with Gasteiger partial charge in [0.25, 0.3) is 0 Å². The van der Waals surface area contributed by atoms with Crippen LogP contribution >= 0.6 is 11.8 Å². The van der Waals surface area contributed by atoms with Crippen LogP contribution < -0.4 is 0 Å². The highest BCUT2D eigenvalue weighted by Gasteiger charge is 2.45. The molecule has 0 spiro atoms. The Morgan fingerprint density at radius 3 is 2.05 bits per heavy atom. The molecular formula is C33H38N2O2S. The number of ether oxygens (including phenoxy) is 2. The molecular weight excluding hydrogens is 488 g/mol. The molecule has 0 bridgehead atoms. The molecule has 4 aromatic rings.